The zero-order valence-electron chi connectivity index (χ0n) is 11.1. The molecule has 3 nitrogen and oxygen atoms in total. The minimum atomic E-state index is -0.120. The average molecular weight is 266 g/mol. The summed E-state index contributed by atoms with van der Waals surface area (Å²) in [6.45, 7) is 4.14. The molecule has 0 amide bonds. The number of hydrogen-bond donors (Lipinski definition) is 1. The lowest BCUT2D eigenvalue weighted by molar-refractivity contribution is -0.0702. The zero-order chi connectivity index (χ0) is 12.4. The van der Waals surface area contributed by atoms with E-state index in [0.717, 1.165) is 32.0 Å². The molecule has 1 aliphatic carbocycles. The topological polar surface area (TPSA) is 34.2 Å². The Kier molecular flexibility index (Phi) is 3.68. The second kappa shape index (κ2) is 5.27. The highest BCUT2D eigenvalue weighted by atomic mass is 32.1. The molecule has 2 fully saturated rings. The lowest BCUT2D eigenvalue weighted by Gasteiger charge is -2.31. The van der Waals surface area contributed by atoms with Crippen molar-refractivity contribution in [1.82, 2.24) is 10.3 Å². The fraction of sp³-hybridized carbons (Fsp3) is 0.786. The van der Waals surface area contributed by atoms with Crippen molar-refractivity contribution in [3.63, 3.8) is 0 Å². The SMILES string of the molecule is CC1(c2nc(CCNC3CC3)cs2)CCCCO1. The molecule has 18 heavy (non-hydrogen) atoms. The number of nitrogens with one attached hydrogen (secondary N) is 1. The first kappa shape index (κ1) is 12.6. The third-order valence-electron chi connectivity index (χ3n) is 3.86. The number of hydrogen-bond acceptors (Lipinski definition) is 4. The smallest absolute Gasteiger partial charge is 0.125 e. The maximum absolute atomic E-state index is 5.95. The standard InChI is InChI=1S/C14H22N2OS/c1-14(7-2-3-9-17-14)13-16-12(10-18-13)6-8-15-11-4-5-11/h10-11,15H,2-9H2,1H3. The summed E-state index contributed by atoms with van der Waals surface area (Å²) in [7, 11) is 0. The summed E-state index contributed by atoms with van der Waals surface area (Å²) in [5.41, 5.74) is 1.10. The first-order valence-electron chi connectivity index (χ1n) is 7.08. The first-order valence-corrected chi connectivity index (χ1v) is 7.96. The van der Waals surface area contributed by atoms with Gasteiger partial charge in [-0.05, 0) is 39.0 Å². The Bertz CT molecular complexity index is 394. The normalized spacial score (nSPS) is 28.5. The van der Waals surface area contributed by atoms with E-state index in [1.165, 1.54) is 36.4 Å². The van der Waals surface area contributed by atoms with E-state index in [-0.39, 0.29) is 5.60 Å². The second-order valence-electron chi connectivity index (χ2n) is 5.66. The predicted molar refractivity (Wildman–Crippen MR) is 74.0 cm³/mol. The van der Waals surface area contributed by atoms with Crippen molar-refractivity contribution in [2.75, 3.05) is 13.2 Å². The van der Waals surface area contributed by atoms with Gasteiger partial charge < -0.3 is 10.1 Å². The molecule has 1 N–H and O–H groups in total. The molecule has 2 heterocycles. The predicted octanol–water partition coefficient (Wildman–Crippen LogP) is 2.85. The van der Waals surface area contributed by atoms with Gasteiger partial charge in [0.2, 0.25) is 0 Å². The molecule has 100 valence electrons. The number of ether oxygens (including phenoxy) is 1. The van der Waals surface area contributed by atoms with Crippen LogP contribution in [-0.4, -0.2) is 24.2 Å². The van der Waals surface area contributed by atoms with Crippen LogP contribution in [0.25, 0.3) is 0 Å². The lowest BCUT2D eigenvalue weighted by atomic mass is 9.97. The van der Waals surface area contributed by atoms with Crippen molar-refractivity contribution in [3.8, 4) is 0 Å². The molecule has 1 aromatic heterocycles. The molecule has 1 atom stereocenters. The third kappa shape index (κ3) is 2.92. The summed E-state index contributed by atoms with van der Waals surface area (Å²) in [5, 5.41) is 6.91. The Morgan fingerprint density at radius 2 is 2.39 bits per heavy atom. The van der Waals surface area contributed by atoms with E-state index >= 15 is 0 Å². The van der Waals surface area contributed by atoms with Gasteiger partial charge in [-0.15, -0.1) is 11.3 Å². The van der Waals surface area contributed by atoms with Crippen LogP contribution in [0.1, 0.15) is 49.7 Å². The molecule has 3 rings (SSSR count). The van der Waals surface area contributed by atoms with Crippen LogP contribution in [-0.2, 0) is 16.8 Å². The van der Waals surface area contributed by atoms with Gasteiger partial charge in [0, 0.05) is 31.0 Å². The Morgan fingerprint density at radius 1 is 1.50 bits per heavy atom. The van der Waals surface area contributed by atoms with Gasteiger partial charge in [0.25, 0.3) is 0 Å². The quantitative estimate of drug-likeness (QED) is 0.890. The molecule has 1 saturated heterocycles. The summed E-state index contributed by atoms with van der Waals surface area (Å²) in [6.07, 6.45) is 7.32. The third-order valence-corrected chi connectivity index (χ3v) is 5.00. The van der Waals surface area contributed by atoms with Crippen LogP contribution in [0.3, 0.4) is 0 Å². The van der Waals surface area contributed by atoms with E-state index in [1.54, 1.807) is 11.3 Å². The molecule has 2 aliphatic rings. The molecule has 0 spiro atoms. The van der Waals surface area contributed by atoms with Gasteiger partial charge in [-0.2, -0.15) is 0 Å². The van der Waals surface area contributed by atoms with Crippen LogP contribution >= 0.6 is 11.3 Å². The molecular formula is C14H22N2OS. The molecule has 0 radical (unpaired) electrons. The summed E-state index contributed by atoms with van der Waals surface area (Å²) in [6, 6.07) is 0.794. The van der Waals surface area contributed by atoms with Crippen molar-refractivity contribution in [3.05, 3.63) is 16.1 Å². The van der Waals surface area contributed by atoms with Crippen LogP contribution in [0.4, 0.5) is 0 Å². The van der Waals surface area contributed by atoms with E-state index in [2.05, 4.69) is 17.6 Å². The molecule has 0 bridgehead atoms. The highest BCUT2D eigenvalue weighted by Crippen LogP contribution is 2.36. The van der Waals surface area contributed by atoms with Gasteiger partial charge in [0.1, 0.15) is 10.6 Å². The van der Waals surface area contributed by atoms with Crippen molar-refractivity contribution in [2.24, 2.45) is 0 Å². The van der Waals surface area contributed by atoms with Crippen molar-refractivity contribution >= 4 is 11.3 Å². The number of aromatic nitrogens is 1. The minimum absolute atomic E-state index is 0.120. The van der Waals surface area contributed by atoms with Crippen molar-refractivity contribution < 1.29 is 4.74 Å². The fourth-order valence-electron chi connectivity index (χ4n) is 2.46. The molecule has 1 aromatic rings. The van der Waals surface area contributed by atoms with Gasteiger partial charge in [-0.25, -0.2) is 4.98 Å². The maximum atomic E-state index is 5.95. The fourth-order valence-corrected chi connectivity index (χ4v) is 3.46. The maximum Gasteiger partial charge on any atom is 0.125 e. The van der Waals surface area contributed by atoms with Crippen molar-refractivity contribution in [1.29, 1.82) is 0 Å². The first-order chi connectivity index (χ1) is 8.76. The molecule has 1 unspecified atom stereocenters. The molecule has 1 aliphatic heterocycles. The number of thiazole rings is 1. The Labute approximate surface area is 113 Å². The molecular weight excluding hydrogens is 244 g/mol. The Balaban J connectivity index is 1.57. The molecule has 0 aromatic carbocycles. The highest BCUT2D eigenvalue weighted by Gasteiger charge is 2.32. The van der Waals surface area contributed by atoms with Gasteiger partial charge in [-0.3, -0.25) is 0 Å². The van der Waals surface area contributed by atoms with E-state index in [0.29, 0.717) is 0 Å². The lowest BCUT2D eigenvalue weighted by Crippen LogP contribution is -2.30. The molecule has 4 heteroatoms. The van der Waals surface area contributed by atoms with Gasteiger partial charge in [0.05, 0.1) is 5.69 Å². The van der Waals surface area contributed by atoms with Crippen LogP contribution in [0.2, 0.25) is 0 Å². The zero-order valence-corrected chi connectivity index (χ0v) is 11.9. The van der Waals surface area contributed by atoms with E-state index in [1.807, 2.05) is 0 Å². The van der Waals surface area contributed by atoms with Gasteiger partial charge in [-0.1, -0.05) is 0 Å². The highest BCUT2D eigenvalue weighted by molar-refractivity contribution is 7.09. The second-order valence-corrected chi connectivity index (χ2v) is 6.52. The largest absolute Gasteiger partial charge is 0.368 e. The monoisotopic (exact) mass is 266 g/mol. The summed E-state index contributed by atoms with van der Waals surface area (Å²) < 4.78 is 5.95. The van der Waals surface area contributed by atoms with Crippen LogP contribution in [0, 0.1) is 0 Å². The van der Waals surface area contributed by atoms with Gasteiger partial charge in [0.15, 0.2) is 0 Å². The minimum Gasteiger partial charge on any atom is -0.368 e. The van der Waals surface area contributed by atoms with Gasteiger partial charge >= 0.3 is 0 Å². The summed E-state index contributed by atoms with van der Waals surface area (Å²) in [5.74, 6) is 0. The number of rotatable bonds is 5. The van der Waals surface area contributed by atoms with Crippen molar-refractivity contribution in [2.45, 2.75) is 57.1 Å². The average Bonchev–Trinajstić information content (AvgIpc) is 3.06. The molecule has 1 saturated carbocycles. The van der Waals surface area contributed by atoms with E-state index in [4.69, 9.17) is 9.72 Å². The van der Waals surface area contributed by atoms with Crippen LogP contribution < -0.4 is 5.32 Å². The van der Waals surface area contributed by atoms with Crippen LogP contribution in [0.15, 0.2) is 5.38 Å². The Hall–Kier alpha value is -0.450. The van der Waals surface area contributed by atoms with E-state index in [9.17, 15) is 0 Å². The summed E-state index contributed by atoms with van der Waals surface area (Å²) in [4.78, 5) is 4.78. The Morgan fingerprint density at radius 3 is 3.11 bits per heavy atom. The van der Waals surface area contributed by atoms with E-state index < -0.39 is 0 Å². The van der Waals surface area contributed by atoms with Crippen LogP contribution in [0.5, 0.6) is 0 Å². The summed E-state index contributed by atoms with van der Waals surface area (Å²) >= 11 is 1.77. The number of nitrogens with zero attached hydrogens (tertiary/aromatic N) is 1.